The predicted octanol–water partition coefficient (Wildman–Crippen LogP) is 5.69. The Morgan fingerprint density at radius 2 is 1.85 bits per heavy atom. The molecule has 0 unspecified atom stereocenters. The van der Waals surface area contributed by atoms with Crippen LogP contribution in [0.5, 0.6) is 0 Å². The summed E-state index contributed by atoms with van der Waals surface area (Å²) >= 11 is 5.45. The first kappa shape index (κ1) is 14.0. The van der Waals surface area contributed by atoms with Gasteiger partial charge in [0.25, 0.3) is 0 Å². The molecule has 0 saturated carbocycles. The highest BCUT2D eigenvalue weighted by Crippen LogP contribution is 2.49. The third-order valence-corrected chi connectivity index (χ3v) is 5.50. The zero-order valence-electron chi connectivity index (χ0n) is 11.8. The van der Waals surface area contributed by atoms with Crippen LogP contribution < -0.4 is 4.90 Å². The molecule has 0 aliphatic carbocycles. The molecule has 1 aliphatic rings. The Labute approximate surface area is 133 Å². The fraction of sp³-hybridized carbons (Fsp3) is 0.294. The lowest BCUT2D eigenvalue weighted by molar-refractivity contribution is 0.871. The van der Waals surface area contributed by atoms with Gasteiger partial charge in [-0.05, 0) is 49.6 Å². The van der Waals surface area contributed by atoms with Crippen molar-refractivity contribution in [2.24, 2.45) is 0 Å². The minimum absolute atomic E-state index is 1.04. The van der Waals surface area contributed by atoms with Crippen molar-refractivity contribution in [2.75, 3.05) is 16.8 Å². The Bertz CT molecular complexity index is 639. The zero-order chi connectivity index (χ0) is 14.1. The summed E-state index contributed by atoms with van der Waals surface area (Å²) < 4.78 is 0. The lowest BCUT2D eigenvalue weighted by Gasteiger charge is -2.34. The molecule has 0 N–H and O–H groups in total. The lowest BCUT2D eigenvalue weighted by atomic mass is 10.1. The molecule has 0 amide bonds. The molecule has 1 nitrogen and oxygen atoms in total. The van der Waals surface area contributed by atoms with E-state index in [0.717, 1.165) is 18.3 Å². The van der Waals surface area contributed by atoms with E-state index in [2.05, 4.69) is 71.1 Å². The minimum atomic E-state index is 1.04. The number of halogens is 1. The molecule has 0 bridgehead atoms. The minimum Gasteiger partial charge on any atom is -0.339 e. The van der Waals surface area contributed by atoms with Gasteiger partial charge in [0, 0.05) is 21.7 Å². The summed E-state index contributed by atoms with van der Waals surface area (Å²) in [6.07, 6.45) is 1.14. The van der Waals surface area contributed by atoms with Gasteiger partial charge in [-0.3, -0.25) is 0 Å². The van der Waals surface area contributed by atoms with E-state index >= 15 is 0 Å². The summed E-state index contributed by atoms with van der Waals surface area (Å²) in [4.78, 5) is 5.23. The normalized spacial score (nSPS) is 13.1. The van der Waals surface area contributed by atoms with Gasteiger partial charge in [0.05, 0.1) is 11.4 Å². The number of alkyl halides is 1. The summed E-state index contributed by atoms with van der Waals surface area (Å²) in [6, 6.07) is 13.2. The van der Waals surface area contributed by atoms with Crippen LogP contribution in [0.2, 0.25) is 0 Å². The van der Waals surface area contributed by atoms with Gasteiger partial charge in [-0.25, -0.2) is 0 Å². The number of para-hydroxylation sites is 1. The van der Waals surface area contributed by atoms with Crippen molar-refractivity contribution >= 4 is 39.1 Å². The maximum absolute atomic E-state index is 3.56. The van der Waals surface area contributed by atoms with E-state index in [1.807, 2.05) is 11.8 Å². The smallest absolute Gasteiger partial charge is 0.0585 e. The lowest BCUT2D eigenvalue weighted by Crippen LogP contribution is -2.23. The average Bonchev–Trinajstić information content (AvgIpc) is 2.47. The first-order valence-electron chi connectivity index (χ1n) is 6.93. The second-order valence-corrected chi connectivity index (χ2v) is 6.99. The molecule has 104 valence electrons. The van der Waals surface area contributed by atoms with Gasteiger partial charge in [0.15, 0.2) is 0 Å². The van der Waals surface area contributed by atoms with Gasteiger partial charge in [-0.15, -0.1) is 0 Å². The van der Waals surface area contributed by atoms with Crippen LogP contribution in [-0.4, -0.2) is 11.9 Å². The number of benzene rings is 2. The standard InChI is InChI=1S/C17H18BrNS/c1-12-8-9-16-17(13(12)2)19(11-5-10-18)14-6-3-4-7-15(14)20-16/h3-4,6-9H,5,10-11H2,1-2H3. The first-order chi connectivity index (χ1) is 9.72. The molecule has 2 aromatic carbocycles. The van der Waals surface area contributed by atoms with E-state index in [4.69, 9.17) is 0 Å². The van der Waals surface area contributed by atoms with Crippen molar-refractivity contribution in [1.82, 2.24) is 0 Å². The van der Waals surface area contributed by atoms with Crippen molar-refractivity contribution in [2.45, 2.75) is 30.1 Å². The predicted molar refractivity (Wildman–Crippen MR) is 91.9 cm³/mol. The van der Waals surface area contributed by atoms with Crippen LogP contribution in [0.4, 0.5) is 11.4 Å². The molecule has 0 radical (unpaired) electrons. The molecule has 2 aromatic rings. The first-order valence-corrected chi connectivity index (χ1v) is 8.86. The zero-order valence-corrected chi connectivity index (χ0v) is 14.2. The van der Waals surface area contributed by atoms with Crippen LogP contribution >= 0.6 is 27.7 Å². The molecule has 20 heavy (non-hydrogen) atoms. The molecule has 3 heteroatoms. The molecule has 0 aromatic heterocycles. The number of hydrogen-bond donors (Lipinski definition) is 0. The summed E-state index contributed by atoms with van der Waals surface area (Å²) in [7, 11) is 0. The molecule has 3 rings (SSSR count). The second-order valence-electron chi connectivity index (χ2n) is 5.12. The Morgan fingerprint density at radius 1 is 1.05 bits per heavy atom. The maximum Gasteiger partial charge on any atom is 0.0585 e. The number of hydrogen-bond acceptors (Lipinski definition) is 2. The quantitative estimate of drug-likeness (QED) is 0.656. The fourth-order valence-electron chi connectivity index (χ4n) is 2.65. The third-order valence-electron chi connectivity index (χ3n) is 3.83. The Balaban J connectivity index is 2.14. The SMILES string of the molecule is Cc1ccc2c(c1C)N(CCCBr)c1ccccc1S2. The fourth-order valence-corrected chi connectivity index (χ4v) is 4.06. The highest BCUT2D eigenvalue weighted by atomic mass is 79.9. The van der Waals surface area contributed by atoms with Crippen LogP contribution in [-0.2, 0) is 0 Å². The summed E-state index contributed by atoms with van der Waals surface area (Å²) in [6.45, 7) is 5.49. The molecular weight excluding hydrogens is 330 g/mol. The van der Waals surface area contributed by atoms with E-state index in [1.54, 1.807) is 0 Å². The van der Waals surface area contributed by atoms with E-state index in [0.29, 0.717) is 0 Å². The number of fused-ring (bicyclic) bond motifs is 2. The largest absolute Gasteiger partial charge is 0.339 e. The molecular formula is C17H18BrNS. The van der Waals surface area contributed by atoms with Crippen LogP contribution in [0.15, 0.2) is 46.2 Å². The number of aryl methyl sites for hydroxylation is 1. The average molecular weight is 348 g/mol. The Hall–Kier alpha value is -0.930. The summed E-state index contributed by atoms with van der Waals surface area (Å²) in [5, 5.41) is 1.04. The molecule has 0 fully saturated rings. The van der Waals surface area contributed by atoms with Crippen molar-refractivity contribution in [3.63, 3.8) is 0 Å². The van der Waals surface area contributed by atoms with Gasteiger partial charge < -0.3 is 4.90 Å². The van der Waals surface area contributed by atoms with E-state index in [-0.39, 0.29) is 0 Å². The number of nitrogens with zero attached hydrogens (tertiary/aromatic N) is 1. The van der Waals surface area contributed by atoms with Crippen LogP contribution in [0.25, 0.3) is 0 Å². The molecule has 0 saturated heterocycles. The summed E-state index contributed by atoms with van der Waals surface area (Å²) in [5.41, 5.74) is 5.51. The van der Waals surface area contributed by atoms with Gasteiger partial charge in [0.2, 0.25) is 0 Å². The molecule has 1 aliphatic heterocycles. The van der Waals surface area contributed by atoms with Gasteiger partial charge in [0.1, 0.15) is 0 Å². The third kappa shape index (κ3) is 2.38. The van der Waals surface area contributed by atoms with Gasteiger partial charge >= 0.3 is 0 Å². The maximum atomic E-state index is 3.56. The number of anilines is 2. The van der Waals surface area contributed by atoms with Crippen LogP contribution in [0, 0.1) is 13.8 Å². The van der Waals surface area contributed by atoms with Crippen LogP contribution in [0.3, 0.4) is 0 Å². The van der Waals surface area contributed by atoms with E-state index in [9.17, 15) is 0 Å². The second kappa shape index (κ2) is 5.82. The van der Waals surface area contributed by atoms with E-state index in [1.165, 1.54) is 32.3 Å². The molecule has 0 atom stereocenters. The highest BCUT2D eigenvalue weighted by molar-refractivity contribution is 9.09. The van der Waals surface area contributed by atoms with Crippen molar-refractivity contribution in [3.8, 4) is 0 Å². The Kier molecular flexibility index (Phi) is 4.08. The van der Waals surface area contributed by atoms with Gasteiger partial charge in [-0.2, -0.15) is 0 Å². The topological polar surface area (TPSA) is 3.24 Å². The molecule has 1 heterocycles. The van der Waals surface area contributed by atoms with Crippen molar-refractivity contribution in [3.05, 3.63) is 47.5 Å². The van der Waals surface area contributed by atoms with Crippen molar-refractivity contribution < 1.29 is 0 Å². The Morgan fingerprint density at radius 3 is 2.65 bits per heavy atom. The van der Waals surface area contributed by atoms with Crippen LogP contribution in [0.1, 0.15) is 17.5 Å². The number of rotatable bonds is 3. The van der Waals surface area contributed by atoms with Gasteiger partial charge in [-0.1, -0.05) is 45.9 Å². The van der Waals surface area contributed by atoms with Crippen molar-refractivity contribution in [1.29, 1.82) is 0 Å². The monoisotopic (exact) mass is 347 g/mol. The van der Waals surface area contributed by atoms with E-state index < -0.39 is 0 Å². The summed E-state index contributed by atoms with van der Waals surface area (Å²) in [5.74, 6) is 0. The highest BCUT2D eigenvalue weighted by Gasteiger charge is 2.24. The molecule has 0 spiro atoms.